The number of amides is 2. The molecule has 2 aromatic rings. The van der Waals surface area contributed by atoms with E-state index >= 15 is 0 Å². The molecule has 0 spiro atoms. The Morgan fingerprint density at radius 2 is 1.80 bits per heavy atom. The Balaban J connectivity index is 1.44. The molecular formula is C21H27N3O. The van der Waals surface area contributed by atoms with Crippen molar-refractivity contribution in [3.05, 3.63) is 65.2 Å². The van der Waals surface area contributed by atoms with Gasteiger partial charge in [0.05, 0.1) is 0 Å². The van der Waals surface area contributed by atoms with Crippen LogP contribution in [0, 0.1) is 13.8 Å². The van der Waals surface area contributed by atoms with Gasteiger partial charge in [0.15, 0.2) is 0 Å². The predicted octanol–water partition coefficient (Wildman–Crippen LogP) is 4.09. The Bertz CT molecular complexity index is 706. The second kappa shape index (κ2) is 8.17. The van der Waals surface area contributed by atoms with Crippen LogP contribution in [0.3, 0.4) is 0 Å². The van der Waals surface area contributed by atoms with E-state index in [-0.39, 0.29) is 12.1 Å². The zero-order valence-corrected chi connectivity index (χ0v) is 15.1. The molecule has 0 unspecified atom stereocenters. The topological polar surface area (TPSA) is 44.4 Å². The van der Waals surface area contributed by atoms with Crippen LogP contribution in [0.5, 0.6) is 0 Å². The van der Waals surface area contributed by atoms with Crippen LogP contribution < -0.4 is 10.6 Å². The maximum atomic E-state index is 12.3. The molecule has 3 rings (SSSR count). The number of hydrogen-bond acceptors (Lipinski definition) is 2. The lowest BCUT2D eigenvalue weighted by Crippen LogP contribution is -2.45. The molecule has 25 heavy (non-hydrogen) atoms. The van der Waals surface area contributed by atoms with Crippen LogP contribution in [0.25, 0.3) is 0 Å². The van der Waals surface area contributed by atoms with Crippen LogP contribution in [0.15, 0.2) is 48.5 Å². The predicted molar refractivity (Wildman–Crippen MR) is 103 cm³/mol. The van der Waals surface area contributed by atoms with Crippen molar-refractivity contribution in [3.8, 4) is 0 Å². The van der Waals surface area contributed by atoms with Gasteiger partial charge in [-0.15, -0.1) is 0 Å². The summed E-state index contributed by atoms with van der Waals surface area (Å²) in [5.41, 5.74) is 4.52. The van der Waals surface area contributed by atoms with Crippen molar-refractivity contribution < 1.29 is 4.79 Å². The van der Waals surface area contributed by atoms with Crippen molar-refractivity contribution in [3.63, 3.8) is 0 Å². The molecule has 132 valence electrons. The van der Waals surface area contributed by atoms with Gasteiger partial charge in [0.2, 0.25) is 0 Å². The standard InChI is InChI=1S/C21H27N3O/c1-16-8-9-20(17(2)14-16)23-21(25)22-19-10-12-24(13-11-19)15-18-6-4-3-5-7-18/h3-9,14,19H,10-13,15H2,1-2H3,(H2,22,23,25). The number of aryl methyl sites for hydroxylation is 2. The van der Waals surface area contributed by atoms with E-state index < -0.39 is 0 Å². The first-order chi connectivity index (χ1) is 12.1. The van der Waals surface area contributed by atoms with Crippen LogP contribution in [0.2, 0.25) is 0 Å². The van der Waals surface area contributed by atoms with Crippen molar-refractivity contribution in [2.45, 2.75) is 39.3 Å². The zero-order valence-electron chi connectivity index (χ0n) is 15.1. The maximum Gasteiger partial charge on any atom is 0.319 e. The lowest BCUT2D eigenvalue weighted by molar-refractivity contribution is 0.190. The van der Waals surface area contributed by atoms with E-state index in [9.17, 15) is 4.79 Å². The highest BCUT2D eigenvalue weighted by Gasteiger charge is 2.20. The van der Waals surface area contributed by atoms with Crippen LogP contribution >= 0.6 is 0 Å². The molecule has 0 aliphatic carbocycles. The Hall–Kier alpha value is -2.33. The number of piperidine rings is 1. The fourth-order valence-corrected chi connectivity index (χ4v) is 3.37. The number of likely N-dealkylation sites (tertiary alicyclic amines) is 1. The summed E-state index contributed by atoms with van der Waals surface area (Å²) >= 11 is 0. The van der Waals surface area contributed by atoms with E-state index in [0.29, 0.717) is 0 Å². The van der Waals surface area contributed by atoms with Gasteiger partial charge >= 0.3 is 6.03 Å². The first-order valence-corrected chi connectivity index (χ1v) is 9.01. The average Bonchev–Trinajstić information content (AvgIpc) is 2.60. The van der Waals surface area contributed by atoms with Gasteiger partial charge in [-0.3, -0.25) is 4.90 Å². The molecule has 4 heteroatoms. The quantitative estimate of drug-likeness (QED) is 0.882. The summed E-state index contributed by atoms with van der Waals surface area (Å²) in [6, 6.07) is 16.8. The van der Waals surface area contributed by atoms with Gasteiger partial charge in [-0.05, 0) is 43.9 Å². The number of benzene rings is 2. The second-order valence-corrected chi connectivity index (χ2v) is 6.95. The van der Waals surface area contributed by atoms with E-state index in [1.54, 1.807) is 0 Å². The summed E-state index contributed by atoms with van der Waals surface area (Å²) in [6.07, 6.45) is 1.99. The highest BCUT2D eigenvalue weighted by molar-refractivity contribution is 5.90. The van der Waals surface area contributed by atoms with Crippen LogP contribution in [-0.4, -0.2) is 30.1 Å². The fraction of sp³-hybridized carbons (Fsp3) is 0.381. The van der Waals surface area contributed by atoms with Gasteiger partial charge < -0.3 is 10.6 Å². The Morgan fingerprint density at radius 1 is 1.08 bits per heavy atom. The van der Waals surface area contributed by atoms with Crippen LogP contribution in [-0.2, 0) is 6.54 Å². The SMILES string of the molecule is Cc1ccc(NC(=O)NC2CCN(Cc3ccccc3)CC2)c(C)c1. The van der Waals surface area contributed by atoms with Gasteiger partial charge in [-0.1, -0.05) is 48.0 Å². The number of rotatable bonds is 4. The summed E-state index contributed by atoms with van der Waals surface area (Å²) in [4.78, 5) is 14.7. The second-order valence-electron chi connectivity index (χ2n) is 6.95. The third-order valence-corrected chi connectivity index (χ3v) is 4.80. The molecule has 1 heterocycles. The Labute approximate surface area is 150 Å². The number of hydrogen-bond donors (Lipinski definition) is 2. The van der Waals surface area contributed by atoms with Gasteiger partial charge in [0.25, 0.3) is 0 Å². The summed E-state index contributed by atoms with van der Waals surface area (Å²) < 4.78 is 0. The van der Waals surface area contributed by atoms with Gasteiger partial charge in [-0.2, -0.15) is 0 Å². The minimum Gasteiger partial charge on any atom is -0.335 e. The molecular weight excluding hydrogens is 310 g/mol. The van der Waals surface area contributed by atoms with E-state index in [0.717, 1.165) is 43.7 Å². The molecule has 1 aliphatic rings. The average molecular weight is 337 g/mol. The van der Waals surface area contributed by atoms with Gasteiger partial charge in [-0.25, -0.2) is 4.79 Å². The molecule has 0 aromatic heterocycles. The highest BCUT2D eigenvalue weighted by Crippen LogP contribution is 2.17. The van der Waals surface area contributed by atoms with E-state index in [4.69, 9.17) is 0 Å². The first-order valence-electron chi connectivity index (χ1n) is 9.01. The molecule has 4 nitrogen and oxygen atoms in total. The number of urea groups is 1. The fourth-order valence-electron chi connectivity index (χ4n) is 3.37. The third-order valence-electron chi connectivity index (χ3n) is 4.80. The molecule has 0 radical (unpaired) electrons. The number of nitrogens with zero attached hydrogens (tertiary/aromatic N) is 1. The number of carbonyl (C=O) groups is 1. The summed E-state index contributed by atoms with van der Waals surface area (Å²) in [6.45, 7) is 7.10. The molecule has 2 amide bonds. The first kappa shape index (κ1) is 17.5. The van der Waals surface area contributed by atoms with E-state index in [1.165, 1.54) is 11.1 Å². The molecule has 0 atom stereocenters. The van der Waals surface area contributed by atoms with Crippen molar-refractivity contribution in [1.29, 1.82) is 0 Å². The van der Waals surface area contributed by atoms with E-state index in [1.807, 2.05) is 25.1 Å². The third kappa shape index (κ3) is 5.07. The van der Waals surface area contributed by atoms with Crippen molar-refractivity contribution in [2.24, 2.45) is 0 Å². The lowest BCUT2D eigenvalue weighted by Gasteiger charge is -2.32. The molecule has 2 aromatic carbocycles. The number of anilines is 1. The molecule has 2 N–H and O–H groups in total. The molecule has 0 saturated carbocycles. The van der Waals surface area contributed by atoms with E-state index in [2.05, 4.69) is 52.8 Å². The normalized spacial score (nSPS) is 15.8. The van der Waals surface area contributed by atoms with Gasteiger partial charge in [0, 0.05) is 31.4 Å². The van der Waals surface area contributed by atoms with Crippen molar-refractivity contribution in [1.82, 2.24) is 10.2 Å². The highest BCUT2D eigenvalue weighted by atomic mass is 16.2. The molecule has 0 bridgehead atoms. The maximum absolute atomic E-state index is 12.3. The molecule has 1 aliphatic heterocycles. The minimum atomic E-state index is -0.103. The Morgan fingerprint density at radius 3 is 2.48 bits per heavy atom. The zero-order chi connectivity index (χ0) is 17.6. The van der Waals surface area contributed by atoms with Crippen LogP contribution in [0.4, 0.5) is 10.5 Å². The van der Waals surface area contributed by atoms with Crippen molar-refractivity contribution in [2.75, 3.05) is 18.4 Å². The van der Waals surface area contributed by atoms with Crippen molar-refractivity contribution >= 4 is 11.7 Å². The number of carbonyl (C=O) groups excluding carboxylic acids is 1. The molecule has 1 saturated heterocycles. The summed E-state index contributed by atoms with van der Waals surface area (Å²) in [7, 11) is 0. The van der Waals surface area contributed by atoms with Crippen LogP contribution in [0.1, 0.15) is 29.5 Å². The Kier molecular flexibility index (Phi) is 5.71. The summed E-state index contributed by atoms with van der Waals surface area (Å²) in [5, 5.41) is 6.09. The monoisotopic (exact) mass is 337 g/mol. The molecule has 1 fully saturated rings. The summed E-state index contributed by atoms with van der Waals surface area (Å²) in [5.74, 6) is 0. The largest absolute Gasteiger partial charge is 0.335 e. The van der Waals surface area contributed by atoms with Gasteiger partial charge in [0.1, 0.15) is 0 Å². The lowest BCUT2D eigenvalue weighted by atomic mass is 10.0. The smallest absolute Gasteiger partial charge is 0.319 e. The number of nitrogens with one attached hydrogen (secondary N) is 2. The minimum absolute atomic E-state index is 0.103.